The van der Waals surface area contributed by atoms with E-state index in [1.807, 2.05) is 13.0 Å². The summed E-state index contributed by atoms with van der Waals surface area (Å²) < 4.78 is 10.9. The van der Waals surface area contributed by atoms with Gasteiger partial charge in [0.15, 0.2) is 16.7 Å². The molecular formula is C22H22N2O5S. The molecule has 0 radical (unpaired) electrons. The van der Waals surface area contributed by atoms with Crippen LogP contribution in [0.5, 0.6) is 11.5 Å². The molecule has 0 saturated carbocycles. The van der Waals surface area contributed by atoms with Crippen LogP contribution < -0.4 is 9.47 Å². The van der Waals surface area contributed by atoms with Crippen molar-refractivity contribution in [2.45, 2.75) is 13.8 Å². The van der Waals surface area contributed by atoms with E-state index in [0.29, 0.717) is 39.4 Å². The second-order valence-corrected chi connectivity index (χ2v) is 7.48. The number of carboxylic acid groups (broad SMARTS) is 1. The number of thioether (sulfide) groups is 1. The van der Waals surface area contributed by atoms with E-state index < -0.39 is 5.97 Å². The standard InChI is InChI=1S/C22H22N2O5S/c1-5-29-17-10-9-14(11-18(17)28-4)12-19-20(25)24(3)22(30-19)23-16-8-6-7-15(13(16)2)21(26)27/h6-12H,5H2,1-4H3,(H,26,27)/b19-12-,23-22?. The molecule has 1 heterocycles. The van der Waals surface area contributed by atoms with Crippen LogP contribution in [0.1, 0.15) is 28.4 Å². The van der Waals surface area contributed by atoms with E-state index in [1.165, 1.54) is 22.7 Å². The summed E-state index contributed by atoms with van der Waals surface area (Å²) in [6.45, 7) is 4.12. The average molecular weight is 426 g/mol. The summed E-state index contributed by atoms with van der Waals surface area (Å²) in [5.74, 6) is 0.0347. The maximum absolute atomic E-state index is 12.7. The molecule has 2 aromatic carbocycles. The highest BCUT2D eigenvalue weighted by atomic mass is 32.2. The number of aliphatic imine (C=N–C) groups is 1. The molecule has 1 aliphatic rings. The lowest BCUT2D eigenvalue weighted by Gasteiger charge is -2.10. The van der Waals surface area contributed by atoms with Crippen LogP contribution in [0.3, 0.4) is 0 Å². The maximum Gasteiger partial charge on any atom is 0.336 e. The number of ether oxygens (including phenoxy) is 2. The molecular weight excluding hydrogens is 404 g/mol. The summed E-state index contributed by atoms with van der Waals surface area (Å²) in [5, 5.41) is 9.78. The highest BCUT2D eigenvalue weighted by Gasteiger charge is 2.30. The van der Waals surface area contributed by atoms with Crippen LogP contribution >= 0.6 is 11.8 Å². The maximum atomic E-state index is 12.7. The SMILES string of the molecule is CCOc1ccc(/C=C2\SC(=Nc3cccc(C(=O)O)c3C)N(C)C2=O)cc1OC. The lowest BCUT2D eigenvalue weighted by atomic mass is 10.1. The van der Waals surface area contributed by atoms with E-state index in [9.17, 15) is 14.7 Å². The number of aromatic carboxylic acids is 1. The first kappa shape index (κ1) is 21.4. The van der Waals surface area contributed by atoms with Crippen molar-refractivity contribution in [3.8, 4) is 11.5 Å². The molecule has 0 atom stereocenters. The third-order valence-corrected chi connectivity index (χ3v) is 5.60. The summed E-state index contributed by atoms with van der Waals surface area (Å²) in [4.78, 5) is 30.5. The van der Waals surface area contributed by atoms with Crippen molar-refractivity contribution in [1.82, 2.24) is 4.90 Å². The average Bonchev–Trinajstić information content (AvgIpc) is 2.98. The second kappa shape index (κ2) is 9.04. The fourth-order valence-corrected chi connectivity index (χ4v) is 3.91. The molecule has 0 spiro atoms. The lowest BCUT2D eigenvalue weighted by Crippen LogP contribution is -2.23. The van der Waals surface area contributed by atoms with Gasteiger partial charge in [-0.15, -0.1) is 0 Å². The fraction of sp³-hybridized carbons (Fsp3) is 0.227. The van der Waals surface area contributed by atoms with Crippen molar-refractivity contribution in [2.24, 2.45) is 4.99 Å². The Bertz CT molecular complexity index is 1060. The number of rotatable bonds is 6. The van der Waals surface area contributed by atoms with Gasteiger partial charge in [0.2, 0.25) is 0 Å². The zero-order valence-corrected chi connectivity index (χ0v) is 17.9. The molecule has 1 fully saturated rings. The number of carbonyl (C=O) groups excluding carboxylic acids is 1. The number of likely N-dealkylation sites (N-methyl/N-ethyl adjacent to an activating group) is 1. The van der Waals surface area contributed by atoms with Crippen LogP contribution in [-0.4, -0.2) is 47.8 Å². The molecule has 7 nitrogen and oxygen atoms in total. The number of amidine groups is 1. The van der Waals surface area contributed by atoms with E-state index in [2.05, 4.69) is 4.99 Å². The third kappa shape index (κ3) is 4.33. The molecule has 1 N–H and O–H groups in total. The van der Waals surface area contributed by atoms with Gasteiger partial charge in [0.05, 0.1) is 29.9 Å². The van der Waals surface area contributed by atoms with Gasteiger partial charge in [-0.1, -0.05) is 12.1 Å². The van der Waals surface area contributed by atoms with Gasteiger partial charge in [-0.25, -0.2) is 9.79 Å². The Morgan fingerprint density at radius 2 is 2.03 bits per heavy atom. The van der Waals surface area contributed by atoms with E-state index in [4.69, 9.17) is 9.47 Å². The first-order valence-electron chi connectivity index (χ1n) is 9.25. The predicted octanol–water partition coefficient (Wildman–Crippen LogP) is 4.33. The molecule has 1 amide bonds. The van der Waals surface area contributed by atoms with Crippen molar-refractivity contribution in [2.75, 3.05) is 20.8 Å². The highest BCUT2D eigenvalue weighted by molar-refractivity contribution is 8.18. The molecule has 1 aliphatic heterocycles. The predicted molar refractivity (Wildman–Crippen MR) is 118 cm³/mol. The topological polar surface area (TPSA) is 88.4 Å². The number of hydrogen-bond acceptors (Lipinski definition) is 6. The number of nitrogens with zero attached hydrogens (tertiary/aromatic N) is 2. The van der Waals surface area contributed by atoms with Crippen molar-refractivity contribution >= 4 is 40.6 Å². The minimum absolute atomic E-state index is 0.182. The van der Waals surface area contributed by atoms with Crippen LogP contribution in [-0.2, 0) is 4.79 Å². The monoisotopic (exact) mass is 426 g/mol. The second-order valence-electron chi connectivity index (χ2n) is 6.47. The number of hydrogen-bond donors (Lipinski definition) is 1. The molecule has 3 rings (SSSR count). The van der Waals surface area contributed by atoms with Gasteiger partial charge >= 0.3 is 5.97 Å². The Morgan fingerprint density at radius 3 is 2.70 bits per heavy atom. The Hall–Kier alpha value is -3.26. The first-order valence-corrected chi connectivity index (χ1v) is 10.1. The Morgan fingerprint density at radius 1 is 1.27 bits per heavy atom. The zero-order valence-electron chi connectivity index (χ0n) is 17.1. The zero-order chi connectivity index (χ0) is 21.8. The minimum atomic E-state index is -1.01. The first-order chi connectivity index (χ1) is 14.3. The summed E-state index contributed by atoms with van der Waals surface area (Å²) >= 11 is 1.24. The number of methoxy groups -OCH3 is 1. The van der Waals surface area contributed by atoms with Gasteiger partial charge in [-0.3, -0.25) is 9.69 Å². The molecule has 0 aromatic heterocycles. The van der Waals surface area contributed by atoms with E-state index >= 15 is 0 Å². The van der Waals surface area contributed by atoms with Crippen molar-refractivity contribution < 1.29 is 24.2 Å². The molecule has 0 bridgehead atoms. The van der Waals surface area contributed by atoms with Crippen LogP contribution in [0.2, 0.25) is 0 Å². The highest BCUT2D eigenvalue weighted by Crippen LogP contribution is 2.35. The van der Waals surface area contributed by atoms with Gasteiger partial charge in [-0.05, 0) is 67.1 Å². The largest absolute Gasteiger partial charge is 0.493 e. The van der Waals surface area contributed by atoms with Crippen LogP contribution in [0.4, 0.5) is 5.69 Å². The van der Waals surface area contributed by atoms with Crippen LogP contribution in [0.15, 0.2) is 46.3 Å². The molecule has 1 saturated heterocycles. The summed E-state index contributed by atoms with van der Waals surface area (Å²) in [5.41, 5.74) is 2.05. The van der Waals surface area contributed by atoms with Crippen molar-refractivity contribution in [3.05, 3.63) is 58.0 Å². The molecule has 0 unspecified atom stereocenters. The normalized spacial score (nSPS) is 16.4. The van der Waals surface area contributed by atoms with E-state index in [0.717, 1.165) is 5.56 Å². The molecule has 30 heavy (non-hydrogen) atoms. The smallest absolute Gasteiger partial charge is 0.336 e. The third-order valence-electron chi connectivity index (χ3n) is 4.54. The molecule has 2 aromatic rings. The lowest BCUT2D eigenvalue weighted by molar-refractivity contribution is -0.121. The summed E-state index contributed by atoms with van der Waals surface area (Å²) in [6, 6.07) is 10.4. The van der Waals surface area contributed by atoms with Crippen LogP contribution in [0.25, 0.3) is 6.08 Å². The van der Waals surface area contributed by atoms with Gasteiger partial charge in [0, 0.05) is 7.05 Å². The Balaban J connectivity index is 1.92. The number of amides is 1. The van der Waals surface area contributed by atoms with E-state index in [-0.39, 0.29) is 11.5 Å². The summed E-state index contributed by atoms with van der Waals surface area (Å²) in [6.07, 6.45) is 1.77. The van der Waals surface area contributed by atoms with Gasteiger partial charge in [-0.2, -0.15) is 0 Å². The Kier molecular flexibility index (Phi) is 6.47. The van der Waals surface area contributed by atoms with E-state index in [1.54, 1.807) is 51.4 Å². The number of carboxylic acids is 1. The minimum Gasteiger partial charge on any atom is -0.493 e. The van der Waals surface area contributed by atoms with Crippen molar-refractivity contribution in [3.63, 3.8) is 0 Å². The van der Waals surface area contributed by atoms with Crippen molar-refractivity contribution in [1.29, 1.82) is 0 Å². The van der Waals surface area contributed by atoms with Crippen LogP contribution in [0, 0.1) is 6.92 Å². The number of benzene rings is 2. The van der Waals surface area contributed by atoms with Gasteiger partial charge < -0.3 is 14.6 Å². The molecule has 8 heteroatoms. The number of carbonyl (C=O) groups is 2. The quantitative estimate of drug-likeness (QED) is 0.692. The fourth-order valence-electron chi connectivity index (χ4n) is 2.93. The van der Waals surface area contributed by atoms with Gasteiger partial charge in [0.25, 0.3) is 5.91 Å². The summed E-state index contributed by atoms with van der Waals surface area (Å²) in [7, 11) is 3.21. The molecule has 156 valence electrons. The Labute approximate surface area is 179 Å². The van der Waals surface area contributed by atoms with Gasteiger partial charge in [0.1, 0.15) is 0 Å². The molecule has 0 aliphatic carbocycles.